The van der Waals surface area contributed by atoms with E-state index in [0.717, 1.165) is 6.07 Å². The number of Topliss-reactive ketones (excluding diaryl/α,β-unsaturated/α-hetero) is 1. The summed E-state index contributed by atoms with van der Waals surface area (Å²) in [6, 6.07) is 1.62. The Morgan fingerprint density at radius 1 is 1.27 bits per heavy atom. The van der Waals surface area contributed by atoms with Crippen molar-refractivity contribution in [3.05, 3.63) is 29.3 Å². The number of halogens is 2. The number of benzene rings is 1. The lowest BCUT2D eigenvalue weighted by molar-refractivity contribution is 0.101. The second-order valence-corrected chi connectivity index (χ2v) is 2.52. The van der Waals surface area contributed by atoms with Gasteiger partial charge in [-0.2, -0.15) is 0 Å². The number of carbonyl (C=O) groups excluding carboxylic acids is 1. The van der Waals surface area contributed by atoms with Gasteiger partial charge in [0.25, 0.3) is 0 Å². The summed E-state index contributed by atoms with van der Waals surface area (Å²) in [6.07, 6.45) is 0. The van der Waals surface area contributed by atoms with E-state index in [4.69, 9.17) is 0 Å². The van der Waals surface area contributed by atoms with E-state index in [9.17, 15) is 13.6 Å². The van der Waals surface area contributed by atoms with Crippen LogP contribution in [0.3, 0.4) is 0 Å². The van der Waals surface area contributed by atoms with Crippen LogP contribution < -0.4 is 4.74 Å². The number of carbonyl (C=O) groups is 1. The first-order chi connectivity index (χ1) is 7.06. The summed E-state index contributed by atoms with van der Waals surface area (Å²) in [6.45, 7) is 5.19. The largest absolute Gasteiger partial charge is 0.496 e. The fourth-order valence-corrected chi connectivity index (χ4v) is 1.05. The van der Waals surface area contributed by atoms with E-state index in [-0.39, 0.29) is 11.3 Å². The molecule has 0 amide bonds. The van der Waals surface area contributed by atoms with Gasteiger partial charge in [0.2, 0.25) is 0 Å². The summed E-state index contributed by atoms with van der Waals surface area (Å²) in [5, 5.41) is 0. The number of hydrogen-bond acceptors (Lipinski definition) is 2. The molecule has 0 aliphatic rings. The first-order valence-corrected chi connectivity index (χ1v) is 4.60. The third kappa shape index (κ3) is 3.31. The van der Waals surface area contributed by atoms with Gasteiger partial charge in [0, 0.05) is 12.1 Å². The maximum Gasteiger partial charge on any atom is 0.166 e. The molecule has 0 saturated carbocycles. The zero-order valence-electron chi connectivity index (χ0n) is 9.23. The molecule has 0 radical (unpaired) electrons. The predicted octanol–water partition coefficient (Wildman–Crippen LogP) is 3.20. The van der Waals surface area contributed by atoms with Gasteiger partial charge in [-0.05, 0) is 6.92 Å². The van der Waals surface area contributed by atoms with E-state index in [0.29, 0.717) is 6.07 Å². The van der Waals surface area contributed by atoms with Crippen LogP contribution in [0.4, 0.5) is 8.78 Å². The summed E-state index contributed by atoms with van der Waals surface area (Å²) in [5.74, 6) is -2.23. The van der Waals surface area contributed by atoms with E-state index in [1.165, 1.54) is 14.0 Å². The van der Waals surface area contributed by atoms with E-state index in [1.54, 1.807) is 0 Å². The number of rotatable bonds is 2. The molecule has 0 aromatic heterocycles. The molecular formula is C11H14F2O2. The number of ketones is 1. The highest BCUT2D eigenvalue weighted by Gasteiger charge is 2.15. The van der Waals surface area contributed by atoms with E-state index < -0.39 is 17.4 Å². The minimum Gasteiger partial charge on any atom is -0.496 e. The Kier molecular flexibility index (Phi) is 5.52. The van der Waals surface area contributed by atoms with Crippen molar-refractivity contribution < 1.29 is 18.3 Å². The molecule has 0 heterocycles. The molecule has 0 atom stereocenters. The fraction of sp³-hybridized carbons (Fsp3) is 0.364. The average molecular weight is 216 g/mol. The quantitative estimate of drug-likeness (QED) is 0.709. The summed E-state index contributed by atoms with van der Waals surface area (Å²) in [7, 11) is 1.25. The topological polar surface area (TPSA) is 26.3 Å². The van der Waals surface area contributed by atoms with Gasteiger partial charge in [0.15, 0.2) is 5.78 Å². The monoisotopic (exact) mass is 216 g/mol. The molecule has 0 fully saturated rings. The van der Waals surface area contributed by atoms with Crippen LogP contribution in [-0.2, 0) is 0 Å². The lowest BCUT2D eigenvalue weighted by Crippen LogP contribution is -2.02. The molecule has 2 nitrogen and oxygen atoms in total. The van der Waals surface area contributed by atoms with Crippen molar-refractivity contribution in [1.82, 2.24) is 0 Å². The second-order valence-electron chi connectivity index (χ2n) is 2.52. The van der Waals surface area contributed by atoms with E-state index in [2.05, 4.69) is 4.74 Å². The third-order valence-corrected chi connectivity index (χ3v) is 1.59. The van der Waals surface area contributed by atoms with Crippen molar-refractivity contribution in [3.8, 4) is 5.75 Å². The molecular weight excluding hydrogens is 202 g/mol. The van der Waals surface area contributed by atoms with Gasteiger partial charge in [0.05, 0.1) is 12.7 Å². The van der Waals surface area contributed by atoms with Crippen molar-refractivity contribution in [3.63, 3.8) is 0 Å². The molecule has 1 aromatic carbocycles. The maximum atomic E-state index is 13.0. The Bertz CT molecular complexity index is 349. The van der Waals surface area contributed by atoms with Gasteiger partial charge < -0.3 is 4.74 Å². The van der Waals surface area contributed by atoms with Crippen LogP contribution in [0.15, 0.2) is 12.1 Å². The zero-order chi connectivity index (χ0) is 12.0. The maximum absolute atomic E-state index is 13.0. The van der Waals surface area contributed by atoms with Crippen LogP contribution >= 0.6 is 0 Å². The van der Waals surface area contributed by atoms with Crippen molar-refractivity contribution in [2.75, 3.05) is 7.11 Å². The van der Waals surface area contributed by atoms with Gasteiger partial charge >= 0.3 is 0 Å². The molecule has 0 spiro atoms. The number of ether oxygens (including phenoxy) is 1. The first-order valence-electron chi connectivity index (χ1n) is 4.60. The summed E-state index contributed by atoms with van der Waals surface area (Å²) in [5.41, 5.74) is -0.219. The molecule has 0 N–H and O–H groups in total. The normalized spacial score (nSPS) is 8.93. The second kappa shape index (κ2) is 6.11. The Morgan fingerprint density at radius 2 is 1.80 bits per heavy atom. The Hall–Kier alpha value is -1.45. The third-order valence-electron chi connectivity index (χ3n) is 1.59. The highest BCUT2D eigenvalue weighted by molar-refractivity contribution is 5.97. The summed E-state index contributed by atoms with van der Waals surface area (Å²) < 4.78 is 30.3. The van der Waals surface area contributed by atoms with Crippen LogP contribution in [-0.4, -0.2) is 12.9 Å². The van der Waals surface area contributed by atoms with Gasteiger partial charge in [-0.25, -0.2) is 8.78 Å². The molecule has 1 rings (SSSR count). The lowest BCUT2D eigenvalue weighted by Gasteiger charge is -2.06. The minimum absolute atomic E-state index is 0.0787. The van der Waals surface area contributed by atoms with E-state index in [1.807, 2.05) is 13.8 Å². The van der Waals surface area contributed by atoms with Gasteiger partial charge in [-0.1, -0.05) is 13.8 Å². The lowest BCUT2D eigenvalue weighted by atomic mass is 10.1. The Morgan fingerprint density at radius 3 is 2.20 bits per heavy atom. The summed E-state index contributed by atoms with van der Waals surface area (Å²) in [4.78, 5) is 10.9. The molecule has 0 aliphatic carbocycles. The highest BCUT2D eigenvalue weighted by atomic mass is 19.1. The predicted molar refractivity (Wildman–Crippen MR) is 54.3 cm³/mol. The Labute approximate surface area is 87.9 Å². The highest BCUT2D eigenvalue weighted by Crippen LogP contribution is 2.23. The zero-order valence-corrected chi connectivity index (χ0v) is 9.23. The molecule has 0 unspecified atom stereocenters. The van der Waals surface area contributed by atoms with Crippen LogP contribution in [0.5, 0.6) is 5.75 Å². The fourth-order valence-electron chi connectivity index (χ4n) is 1.05. The number of hydrogen-bond donors (Lipinski definition) is 0. The van der Waals surface area contributed by atoms with Crippen LogP contribution in [0.2, 0.25) is 0 Å². The van der Waals surface area contributed by atoms with Crippen molar-refractivity contribution >= 4 is 5.78 Å². The smallest absolute Gasteiger partial charge is 0.166 e. The van der Waals surface area contributed by atoms with Crippen LogP contribution in [0.1, 0.15) is 31.1 Å². The standard InChI is InChI=1S/C9H8F2O2.C2H6/c1-5(12)9-7(11)3-6(10)4-8(9)13-2;1-2/h3-4H,1-2H3;1-2H3. The van der Waals surface area contributed by atoms with Crippen molar-refractivity contribution in [2.45, 2.75) is 20.8 Å². The molecule has 1 aromatic rings. The van der Waals surface area contributed by atoms with Crippen molar-refractivity contribution in [1.29, 1.82) is 0 Å². The molecule has 4 heteroatoms. The SMILES string of the molecule is CC.COc1cc(F)cc(F)c1C(C)=O. The molecule has 15 heavy (non-hydrogen) atoms. The van der Waals surface area contributed by atoms with E-state index >= 15 is 0 Å². The molecule has 84 valence electrons. The van der Waals surface area contributed by atoms with Gasteiger partial charge in [0.1, 0.15) is 17.4 Å². The molecule has 0 aliphatic heterocycles. The molecule has 0 bridgehead atoms. The van der Waals surface area contributed by atoms with Crippen LogP contribution in [0, 0.1) is 11.6 Å². The summed E-state index contributed by atoms with van der Waals surface area (Å²) >= 11 is 0. The minimum atomic E-state index is -0.899. The Balaban J connectivity index is 0.000000921. The average Bonchev–Trinajstić information content (AvgIpc) is 2.18. The molecule has 0 saturated heterocycles. The van der Waals surface area contributed by atoms with Gasteiger partial charge in [-0.15, -0.1) is 0 Å². The van der Waals surface area contributed by atoms with Crippen LogP contribution in [0.25, 0.3) is 0 Å². The van der Waals surface area contributed by atoms with Gasteiger partial charge in [-0.3, -0.25) is 4.79 Å². The first kappa shape index (κ1) is 13.5. The number of methoxy groups -OCH3 is 1. The van der Waals surface area contributed by atoms with Crippen molar-refractivity contribution in [2.24, 2.45) is 0 Å².